The molecule has 0 aromatic heterocycles. The molecule has 0 spiro atoms. The van der Waals surface area contributed by atoms with Crippen molar-refractivity contribution < 1.29 is 38.6 Å². The summed E-state index contributed by atoms with van der Waals surface area (Å²) < 4.78 is 5.44. The summed E-state index contributed by atoms with van der Waals surface area (Å²) in [6.07, 6.45) is -0.310. The predicted octanol–water partition coefficient (Wildman–Crippen LogP) is 2.12. The summed E-state index contributed by atoms with van der Waals surface area (Å²) in [5.74, 6) is -2.63. The van der Waals surface area contributed by atoms with Crippen LogP contribution in [0.1, 0.15) is 86.3 Å². The molecular formula is C38H58N6O8. The van der Waals surface area contributed by atoms with Crippen LogP contribution in [0.15, 0.2) is 30.3 Å². The first-order valence-corrected chi connectivity index (χ1v) is 18.1. The predicted molar refractivity (Wildman–Crippen MR) is 193 cm³/mol. The molecule has 0 unspecified atom stereocenters. The number of likely N-dealkylation sites (tertiary alicyclic amines) is 1. The van der Waals surface area contributed by atoms with Crippen LogP contribution in [0, 0.1) is 28.6 Å². The average molecular weight is 727 g/mol. The highest BCUT2D eigenvalue weighted by molar-refractivity contribution is 5.94. The van der Waals surface area contributed by atoms with Crippen molar-refractivity contribution in [3.63, 3.8) is 0 Å². The molecule has 3 fully saturated rings. The normalized spacial score (nSPS) is 22.8. The third-order valence-electron chi connectivity index (χ3n) is 10.3. The number of hydrogen-bond donors (Lipinski definition) is 5. The second kappa shape index (κ2) is 15.4. The SMILES string of the molecule is CN(C)C(=O)[C@@H](NC(=O)CNC(=O)[C@H](O)[C@H](CC1CC1)NC(=O)[C@@H]1[C@@H]2[C@H](CN1C(=O)[C@@H](NC(=O)OC(C)(C)C)C(C)(C)C)C2(C)C)c1ccccc1. The van der Waals surface area contributed by atoms with Gasteiger partial charge in [-0.3, -0.25) is 24.0 Å². The van der Waals surface area contributed by atoms with Gasteiger partial charge in [0.15, 0.2) is 6.10 Å². The van der Waals surface area contributed by atoms with Gasteiger partial charge in [0, 0.05) is 20.6 Å². The highest BCUT2D eigenvalue weighted by Gasteiger charge is 2.70. The van der Waals surface area contributed by atoms with E-state index >= 15 is 0 Å². The molecule has 6 amide bonds. The molecule has 288 valence electrons. The number of ether oxygens (including phenoxy) is 1. The van der Waals surface area contributed by atoms with Gasteiger partial charge in [0.1, 0.15) is 23.7 Å². The number of nitrogens with one attached hydrogen (secondary N) is 4. The number of hydrogen-bond acceptors (Lipinski definition) is 8. The lowest BCUT2D eigenvalue weighted by atomic mass is 9.85. The van der Waals surface area contributed by atoms with Gasteiger partial charge in [0.25, 0.3) is 5.91 Å². The van der Waals surface area contributed by atoms with E-state index in [-0.39, 0.29) is 29.1 Å². The van der Waals surface area contributed by atoms with Crippen LogP contribution in [-0.2, 0) is 28.7 Å². The van der Waals surface area contributed by atoms with Gasteiger partial charge in [-0.25, -0.2) is 4.79 Å². The Hall–Kier alpha value is -4.20. The lowest BCUT2D eigenvalue weighted by Crippen LogP contribution is -2.61. The van der Waals surface area contributed by atoms with Gasteiger partial charge in [-0.05, 0) is 61.3 Å². The van der Waals surface area contributed by atoms with Crippen LogP contribution in [0.4, 0.5) is 4.79 Å². The van der Waals surface area contributed by atoms with Gasteiger partial charge < -0.3 is 40.9 Å². The Bertz CT molecular complexity index is 1510. The molecule has 1 heterocycles. The molecule has 14 nitrogen and oxygen atoms in total. The van der Waals surface area contributed by atoms with E-state index in [1.807, 2.05) is 34.6 Å². The molecule has 1 saturated heterocycles. The molecule has 5 N–H and O–H groups in total. The number of aliphatic hydroxyl groups excluding tert-OH is 1. The van der Waals surface area contributed by atoms with Crippen LogP contribution in [0.2, 0.25) is 0 Å². The molecule has 2 saturated carbocycles. The van der Waals surface area contributed by atoms with Gasteiger partial charge in [-0.15, -0.1) is 0 Å². The number of benzene rings is 1. The average Bonchev–Trinajstić information content (AvgIpc) is 3.90. The Kier molecular flexibility index (Phi) is 12.0. The molecule has 7 atom stereocenters. The minimum Gasteiger partial charge on any atom is -0.444 e. The zero-order valence-electron chi connectivity index (χ0n) is 32.2. The van der Waals surface area contributed by atoms with Crippen molar-refractivity contribution in [3.05, 3.63) is 35.9 Å². The second-order valence-corrected chi connectivity index (χ2v) is 17.4. The number of rotatable bonds is 13. The molecule has 3 aliphatic rings. The molecule has 4 rings (SSSR count). The van der Waals surface area contributed by atoms with Gasteiger partial charge >= 0.3 is 6.09 Å². The first kappa shape index (κ1) is 40.6. The highest BCUT2D eigenvalue weighted by Crippen LogP contribution is 2.65. The topological polar surface area (TPSA) is 186 Å². The number of fused-ring (bicyclic) bond motifs is 1. The summed E-state index contributed by atoms with van der Waals surface area (Å²) in [5.41, 5.74) is -1.13. The van der Waals surface area contributed by atoms with Crippen molar-refractivity contribution in [1.82, 2.24) is 31.1 Å². The summed E-state index contributed by atoms with van der Waals surface area (Å²) in [4.78, 5) is 83.1. The number of carbonyl (C=O) groups excluding carboxylic acids is 6. The number of aliphatic hydroxyl groups is 1. The minimum atomic E-state index is -1.68. The Morgan fingerprint density at radius 2 is 1.58 bits per heavy atom. The minimum absolute atomic E-state index is 0.0575. The summed E-state index contributed by atoms with van der Waals surface area (Å²) in [6.45, 7) is 14.6. The number of nitrogens with zero attached hydrogens (tertiary/aromatic N) is 2. The van der Waals surface area contributed by atoms with Crippen LogP contribution in [0.25, 0.3) is 0 Å². The van der Waals surface area contributed by atoms with E-state index in [2.05, 4.69) is 21.3 Å². The first-order valence-electron chi connectivity index (χ1n) is 18.1. The van der Waals surface area contributed by atoms with E-state index < -0.39 is 77.6 Å². The summed E-state index contributed by atoms with van der Waals surface area (Å²) in [7, 11) is 3.15. The lowest BCUT2D eigenvalue weighted by molar-refractivity contribution is -0.145. The summed E-state index contributed by atoms with van der Waals surface area (Å²) in [6, 6.07) is 4.89. The van der Waals surface area contributed by atoms with Crippen molar-refractivity contribution in [3.8, 4) is 0 Å². The van der Waals surface area contributed by atoms with Gasteiger partial charge in [-0.1, -0.05) is 77.8 Å². The fourth-order valence-electron chi connectivity index (χ4n) is 7.16. The van der Waals surface area contributed by atoms with E-state index in [1.54, 1.807) is 65.2 Å². The van der Waals surface area contributed by atoms with Crippen molar-refractivity contribution in [1.29, 1.82) is 0 Å². The van der Waals surface area contributed by atoms with E-state index in [0.717, 1.165) is 12.8 Å². The maximum Gasteiger partial charge on any atom is 0.408 e. The van der Waals surface area contributed by atoms with Gasteiger partial charge in [0.05, 0.1) is 12.6 Å². The molecule has 1 aromatic rings. The van der Waals surface area contributed by atoms with Crippen molar-refractivity contribution in [2.24, 2.45) is 28.6 Å². The van der Waals surface area contributed by atoms with Crippen molar-refractivity contribution in [2.75, 3.05) is 27.2 Å². The Labute approximate surface area is 307 Å². The Morgan fingerprint density at radius 1 is 0.962 bits per heavy atom. The van der Waals surface area contributed by atoms with Crippen LogP contribution in [0.3, 0.4) is 0 Å². The largest absolute Gasteiger partial charge is 0.444 e. The number of piperidine rings is 1. The Morgan fingerprint density at radius 3 is 2.12 bits per heavy atom. The smallest absolute Gasteiger partial charge is 0.408 e. The molecule has 2 aliphatic carbocycles. The van der Waals surface area contributed by atoms with Crippen LogP contribution in [0.5, 0.6) is 0 Å². The van der Waals surface area contributed by atoms with Gasteiger partial charge in [0.2, 0.25) is 23.6 Å². The number of amides is 6. The van der Waals surface area contributed by atoms with Crippen molar-refractivity contribution >= 4 is 35.6 Å². The highest BCUT2D eigenvalue weighted by atomic mass is 16.6. The number of likely N-dealkylation sites (N-methyl/N-ethyl adjacent to an activating group) is 1. The monoisotopic (exact) mass is 726 g/mol. The zero-order chi connectivity index (χ0) is 38.9. The molecular weight excluding hydrogens is 668 g/mol. The van der Waals surface area contributed by atoms with Gasteiger partial charge in [-0.2, -0.15) is 0 Å². The van der Waals surface area contributed by atoms with Crippen LogP contribution in [-0.4, -0.2) is 108 Å². The summed E-state index contributed by atoms with van der Waals surface area (Å²) >= 11 is 0. The zero-order valence-corrected chi connectivity index (χ0v) is 32.2. The Balaban J connectivity index is 1.46. The third-order valence-corrected chi connectivity index (χ3v) is 10.3. The molecule has 1 aromatic carbocycles. The van der Waals surface area contributed by atoms with E-state index in [9.17, 15) is 33.9 Å². The van der Waals surface area contributed by atoms with Crippen LogP contribution >= 0.6 is 0 Å². The third kappa shape index (κ3) is 9.81. The maximum absolute atomic E-state index is 14.2. The van der Waals surface area contributed by atoms with E-state index in [4.69, 9.17) is 4.74 Å². The second-order valence-electron chi connectivity index (χ2n) is 17.4. The lowest BCUT2D eigenvalue weighted by Gasteiger charge is -2.38. The van der Waals surface area contributed by atoms with Crippen LogP contribution < -0.4 is 21.3 Å². The number of carbonyl (C=O) groups is 6. The van der Waals surface area contributed by atoms with E-state index in [1.165, 1.54) is 9.80 Å². The molecule has 1 aliphatic heterocycles. The van der Waals surface area contributed by atoms with E-state index in [0.29, 0.717) is 18.5 Å². The fraction of sp³-hybridized carbons (Fsp3) is 0.684. The molecule has 0 radical (unpaired) electrons. The maximum atomic E-state index is 14.2. The first-order chi connectivity index (χ1) is 24.0. The summed E-state index contributed by atoms with van der Waals surface area (Å²) in [5, 5.41) is 22.0. The van der Waals surface area contributed by atoms with Crippen molar-refractivity contribution in [2.45, 2.75) is 111 Å². The molecule has 14 heteroatoms. The molecule has 0 bridgehead atoms. The number of alkyl carbamates (subject to hydrolysis) is 1. The fourth-order valence-corrected chi connectivity index (χ4v) is 7.16. The molecule has 52 heavy (non-hydrogen) atoms. The quantitative estimate of drug-likeness (QED) is 0.205. The standard InChI is InChI=1S/C38H58N6O8/c1-36(2,3)30(42-35(51)52-37(4,5)6)34(50)44-20-23-26(38(23,7)8)28(44)31(47)40-24(18-21-16-17-21)29(46)32(48)39-19-25(45)41-27(33(49)43(9)10)22-14-12-11-13-15-22/h11-15,21,23-24,26-30,46H,16-20H2,1-10H3,(H,39,48)(H,40,47)(H,41,45)(H,42,51)/t23-,24-,26-,27-,28-,29+,30+/m0/s1.